The topological polar surface area (TPSA) is 59.2 Å². The smallest absolute Gasteiger partial charge is 0.337 e. The van der Waals surface area contributed by atoms with Gasteiger partial charge >= 0.3 is 5.97 Å². The number of hydrogen-bond acceptors (Lipinski definition) is 3. The van der Waals surface area contributed by atoms with E-state index in [1.54, 1.807) is 12.1 Å². The lowest BCUT2D eigenvalue weighted by molar-refractivity contribution is 0.0600. The van der Waals surface area contributed by atoms with Crippen molar-refractivity contribution in [1.82, 2.24) is 4.98 Å². The van der Waals surface area contributed by atoms with Gasteiger partial charge in [-0.3, -0.25) is 4.79 Å². The summed E-state index contributed by atoms with van der Waals surface area (Å²) in [7, 11) is 1.36. The molecule has 0 atom stereocenters. The van der Waals surface area contributed by atoms with Gasteiger partial charge < -0.3 is 9.72 Å². The van der Waals surface area contributed by atoms with Crippen LogP contribution in [0.5, 0.6) is 0 Å². The van der Waals surface area contributed by atoms with E-state index in [1.807, 2.05) is 25.1 Å². The zero-order chi connectivity index (χ0) is 18.0. The van der Waals surface area contributed by atoms with Gasteiger partial charge in [-0.2, -0.15) is 0 Å². The summed E-state index contributed by atoms with van der Waals surface area (Å²) in [5.41, 5.74) is 5.25. The number of aryl methyl sites for hydroxylation is 2. The number of esters is 1. The molecule has 0 radical (unpaired) electrons. The van der Waals surface area contributed by atoms with Crippen LogP contribution in [0.1, 0.15) is 39.5 Å². The maximum Gasteiger partial charge on any atom is 0.337 e. The Morgan fingerprint density at radius 2 is 1.76 bits per heavy atom. The number of pyridine rings is 1. The number of nitrogens with one attached hydrogen (secondary N) is 1. The molecule has 0 spiro atoms. The van der Waals surface area contributed by atoms with E-state index in [9.17, 15) is 9.59 Å². The highest BCUT2D eigenvalue weighted by Gasteiger charge is 2.11. The molecule has 1 N–H and O–H groups in total. The number of fused-ring (bicyclic) bond motifs is 1. The third-order valence-electron chi connectivity index (χ3n) is 4.63. The Hall–Kier alpha value is -2.88. The van der Waals surface area contributed by atoms with E-state index in [2.05, 4.69) is 24.0 Å². The number of rotatable bonds is 4. The van der Waals surface area contributed by atoms with E-state index >= 15 is 0 Å². The summed E-state index contributed by atoms with van der Waals surface area (Å²) in [5.74, 6) is -0.363. The molecule has 0 bridgehead atoms. The number of ether oxygens (including phenoxy) is 1. The van der Waals surface area contributed by atoms with Crippen molar-refractivity contribution in [3.63, 3.8) is 0 Å². The Kier molecular flexibility index (Phi) is 4.70. The fourth-order valence-corrected chi connectivity index (χ4v) is 3.07. The lowest BCUT2D eigenvalue weighted by atomic mass is 9.97. The summed E-state index contributed by atoms with van der Waals surface area (Å²) in [5, 5.41) is 1.07. The van der Waals surface area contributed by atoms with E-state index < -0.39 is 0 Å². The van der Waals surface area contributed by atoms with E-state index in [0.717, 1.165) is 34.0 Å². The highest BCUT2D eigenvalue weighted by atomic mass is 16.5. The molecular weight excluding hydrogens is 314 g/mol. The number of hydrogen-bond donors (Lipinski definition) is 1. The molecule has 4 nitrogen and oxygen atoms in total. The average Bonchev–Trinajstić information content (AvgIpc) is 2.64. The van der Waals surface area contributed by atoms with Gasteiger partial charge in [0.1, 0.15) is 0 Å². The van der Waals surface area contributed by atoms with Crippen molar-refractivity contribution >= 4 is 16.9 Å². The highest BCUT2D eigenvalue weighted by molar-refractivity contribution is 5.89. The Bertz CT molecular complexity index is 984. The molecule has 0 amide bonds. The van der Waals surface area contributed by atoms with Crippen LogP contribution in [0.25, 0.3) is 10.9 Å². The summed E-state index contributed by atoms with van der Waals surface area (Å²) in [6, 6.07) is 13.4. The Morgan fingerprint density at radius 3 is 2.40 bits per heavy atom. The quantitative estimate of drug-likeness (QED) is 0.738. The zero-order valence-electron chi connectivity index (χ0n) is 14.7. The molecule has 0 saturated heterocycles. The minimum atomic E-state index is -0.363. The molecule has 3 rings (SSSR count). The van der Waals surface area contributed by atoms with Gasteiger partial charge in [-0.25, -0.2) is 4.79 Å². The second-order valence-corrected chi connectivity index (χ2v) is 6.16. The van der Waals surface area contributed by atoms with Crippen molar-refractivity contribution in [3.8, 4) is 0 Å². The van der Waals surface area contributed by atoms with Crippen molar-refractivity contribution in [2.75, 3.05) is 7.11 Å². The van der Waals surface area contributed by atoms with Gasteiger partial charge in [0, 0.05) is 22.9 Å². The molecule has 3 aromatic rings. The predicted molar refractivity (Wildman–Crippen MR) is 99.3 cm³/mol. The number of carbonyl (C=O) groups excluding carboxylic acids is 1. The zero-order valence-corrected chi connectivity index (χ0v) is 14.7. The van der Waals surface area contributed by atoms with Gasteiger partial charge in [0.25, 0.3) is 5.56 Å². The Morgan fingerprint density at radius 1 is 1.08 bits per heavy atom. The molecule has 0 saturated carbocycles. The van der Waals surface area contributed by atoms with Crippen molar-refractivity contribution in [1.29, 1.82) is 0 Å². The van der Waals surface area contributed by atoms with Crippen LogP contribution in [0.3, 0.4) is 0 Å². The van der Waals surface area contributed by atoms with Crippen LogP contribution in [0.2, 0.25) is 0 Å². The average molecular weight is 335 g/mol. The first kappa shape index (κ1) is 17.0. The van der Waals surface area contributed by atoms with Gasteiger partial charge in [-0.05, 0) is 48.2 Å². The predicted octanol–water partition coefficient (Wildman–Crippen LogP) is 3.78. The number of methoxy groups -OCH3 is 1. The summed E-state index contributed by atoms with van der Waals surface area (Å²) < 4.78 is 4.71. The van der Waals surface area contributed by atoms with Crippen molar-refractivity contribution in [2.24, 2.45) is 0 Å². The SMILES string of the molecule is CCc1ccc2c(C)c(Cc3ccc(C(=O)OC)cc3)c(=O)[nH]c2c1. The monoisotopic (exact) mass is 335 g/mol. The maximum atomic E-state index is 12.5. The van der Waals surface area contributed by atoms with E-state index in [1.165, 1.54) is 12.7 Å². The van der Waals surface area contributed by atoms with Crippen molar-refractivity contribution < 1.29 is 9.53 Å². The number of aromatic amines is 1. The molecular formula is C21H21NO3. The largest absolute Gasteiger partial charge is 0.465 e. The Labute approximate surface area is 146 Å². The van der Waals surface area contributed by atoms with Crippen LogP contribution in [0.15, 0.2) is 47.3 Å². The summed E-state index contributed by atoms with van der Waals surface area (Å²) in [4.78, 5) is 27.1. The minimum Gasteiger partial charge on any atom is -0.465 e. The molecule has 0 aliphatic rings. The van der Waals surface area contributed by atoms with E-state index in [-0.39, 0.29) is 11.5 Å². The van der Waals surface area contributed by atoms with Gasteiger partial charge in [0.05, 0.1) is 12.7 Å². The van der Waals surface area contributed by atoms with Gasteiger partial charge in [-0.15, -0.1) is 0 Å². The fraction of sp³-hybridized carbons (Fsp3) is 0.238. The number of H-pyrrole nitrogens is 1. The van der Waals surface area contributed by atoms with Crippen LogP contribution in [0.4, 0.5) is 0 Å². The minimum absolute atomic E-state index is 0.0599. The molecule has 4 heteroatoms. The maximum absolute atomic E-state index is 12.5. The first-order valence-corrected chi connectivity index (χ1v) is 8.35. The third kappa shape index (κ3) is 3.33. The van der Waals surface area contributed by atoms with Gasteiger partial charge in [0.15, 0.2) is 0 Å². The number of carbonyl (C=O) groups is 1. The van der Waals surface area contributed by atoms with Crippen LogP contribution in [0, 0.1) is 6.92 Å². The van der Waals surface area contributed by atoms with E-state index in [4.69, 9.17) is 4.74 Å². The van der Waals surface area contributed by atoms with Crippen LogP contribution in [-0.2, 0) is 17.6 Å². The second-order valence-electron chi connectivity index (χ2n) is 6.16. The molecule has 1 aromatic heterocycles. The van der Waals surface area contributed by atoms with Gasteiger partial charge in [0.2, 0.25) is 0 Å². The van der Waals surface area contributed by atoms with Gasteiger partial charge in [-0.1, -0.05) is 31.2 Å². The van der Waals surface area contributed by atoms with Crippen LogP contribution >= 0.6 is 0 Å². The number of benzene rings is 2. The second kappa shape index (κ2) is 6.93. The molecule has 1 heterocycles. The molecule has 2 aromatic carbocycles. The molecule has 0 aliphatic heterocycles. The summed E-state index contributed by atoms with van der Waals surface area (Å²) >= 11 is 0. The van der Waals surface area contributed by atoms with Crippen LogP contribution < -0.4 is 5.56 Å². The first-order valence-electron chi connectivity index (χ1n) is 8.35. The lowest BCUT2D eigenvalue weighted by Crippen LogP contribution is -2.15. The summed E-state index contributed by atoms with van der Waals surface area (Å²) in [6.45, 7) is 4.08. The van der Waals surface area contributed by atoms with Crippen molar-refractivity contribution in [3.05, 3.63) is 80.6 Å². The highest BCUT2D eigenvalue weighted by Crippen LogP contribution is 2.21. The third-order valence-corrected chi connectivity index (χ3v) is 4.63. The lowest BCUT2D eigenvalue weighted by Gasteiger charge is -2.10. The van der Waals surface area contributed by atoms with Crippen molar-refractivity contribution in [2.45, 2.75) is 26.7 Å². The van der Waals surface area contributed by atoms with E-state index in [0.29, 0.717) is 12.0 Å². The first-order chi connectivity index (χ1) is 12.0. The fourth-order valence-electron chi connectivity index (χ4n) is 3.07. The Balaban J connectivity index is 1.98. The number of aromatic nitrogens is 1. The molecule has 0 unspecified atom stereocenters. The summed E-state index contributed by atoms with van der Waals surface area (Å²) in [6.07, 6.45) is 1.46. The normalized spacial score (nSPS) is 10.8. The molecule has 0 fully saturated rings. The molecule has 0 aliphatic carbocycles. The standard InChI is InChI=1S/C21H21NO3/c1-4-14-7-10-17-13(2)18(20(23)22-19(17)12-14)11-15-5-8-16(9-6-15)21(24)25-3/h5-10,12H,4,11H2,1-3H3,(H,22,23). The van der Waals surface area contributed by atoms with Crippen LogP contribution in [-0.4, -0.2) is 18.1 Å². The molecule has 128 valence electrons. The molecule has 25 heavy (non-hydrogen) atoms.